The normalized spacial score (nSPS) is 15.5. The first kappa shape index (κ1) is 22.9. The van der Waals surface area contributed by atoms with Crippen LogP contribution in [0, 0.1) is 0 Å². The molecule has 0 aliphatic carbocycles. The minimum absolute atomic E-state index is 0.0728. The van der Waals surface area contributed by atoms with Crippen molar-refractivity contribution in [3.05, 3.63) is 0 Å². The zero-order valence-corrected chi connectivity index (χ0v) is 16.2. The maximum absolute atomic E-state index is 8.98. The Labute approximate surface area is 145 Å². The van der Waals surface area contributed by atoms with Gasteiger partial charge in [-0.25, -0.2) is 0 Å². The summed E-state index contributed by atoms with van der Waals surface area (Å²) in [6.45, 7) is 9.09. The van der Waals surface area contributed by atoms with E-state index in [-0.39, 0.29) is 18.8 Å². The molecule has 0 fully saturated rings. The van der Waals surface area contributed by atoms with Crippen molar-refractivity contribution in [2.75, 3.05) is 13.2 Å². The summed E-state index contributed by atoms with van der Waals surface area (Å²) in [7, 11) is 0. The number of rotatable bonds is 17. The van der Waals surface area contributed by atoms with Crippen molar-refractivity contribution in [1.82, 2.24) is 0 Å². The Kier molecular flexibility index (Phi) is 16.6. The van der Waals surface area contributed by atoms with Crippen LogP contribution >= 0.6 is 0 Å². The molecule has 0 aliphatic rings. The van der Waals surface area contributed by atoms with Gasteiger partial charge in [0.05, 0.1) is 31.5 Å². The molecule has 3 heteroatoms. The van der Waals surface area contributed by atoms with E-state index in [1.54, 1.807) is 0 Å². The zero-order valence-electron chi connectivity index (χ0n) is 16.2. The second-order valence-corrected chi connectivity index (χ2v) is 6.95. The lowest BCUT2D eigenvalue weighted by atomic mass is 10.0. The van der Waals surface area contributed by atoms with E-state index in [1.165, 1.54) is 64.2 Å². The highest BCUT2D eigenvalue weighted by Gasteiger charge is 2.13. The van der Waals surface area contributed by atoms with Gasteiger partial charge >= 0.3 is 0 Å². The molecule has 140 valence electrons. The molecule has 0 aliphatic heterocycles. The van der Waals surface area contributed by atoms with E-state index < -0.39 is 0 Å². The third kappa shape index (κ3) is 15.2. The monoisotopic (exact) mass is 330 g/mol. The molecule has 3 unspecified atom stereocenters. The molecule has 0 spiro atoms. The highest BCUT2D eigenvalue weighted by Crippen LogP contribution is 2.16. The lowest BCUT2D eigenvalue weighted by molar-refractivity contribution is -0.0766. The minimum Gasteiger partial charge on any atom is -0.394 e. The van der Waals surface area contributed by atoms with Crippen molar-refractivity contribution >= 4 is 0 Å². The molecule has 3 atom stereocenters. The fourth-order valence-electron chi connectivity index (χ4n) is 2.83. The van der Waals surface area contributed by atoms with Crippen LogP contribution in [0.15, 0.2) is 0 Å². The molecule has 0 radical (unpaired) electrons. The summed E-state index contributed by atoms with van der Waals surface area (Å²) in [4.78, 5) is 0. The minimum atomic E-state index is -0.0987. The molecule has 0 amide bonds. The summed E-state index contributed by atoms with van der Waals surface area (Å²) in [5, 5.41) is 8.98. The van der Waals surface area contributed by atoms with Crippen LogP contribution in [-0.2, 0) is 9.47 Å². The SMILES string of the molecule is CCCCCCCCCCC(CCC)OC(C)COC(C)CO. The van der Waals surface area contributed by atoms with Gasteiger partial charge in [-0.2, -0.15) is 0 Å². The van der Waals surface area contributed by atoms with Gasteiger partial charge in [-0.3, -0.25) is 0 Å². The maximum Gasteiger partial charge on any atom is 0.0784 e. The first-order valence-electron chi connectivity index (χ1n) is 10.0. The van der Waals surface area contributed by atoms with Gasteiger partial charge in [0, 0.05) is 0 Å². The van der Waals surface area contributed by atoms with Gasteiger partial charge < -0.3 is 14.6 Å². The maximum atomic E-state index is 8.98. The van der Waals surface area contributed by atoms with Crippen molar-refractivity contribution in [3.63, 3.8) is 0 Å². The summed E-state index contributed by atoms with van der Waals surface area (Å²) in [5.41, 5.74) is 0. The second kappa shape index (κ2) is 16.7. The van der Waals surface area contributed by atoms with E-state index in [1.807, 2.05) is 6.92 Å². The third-order valence-electron chi connectivity index (χ3n) is 4.29. The first-order valence-corrected chi connectivity index (χ1v) is 10.0. The van der Waals surface area contributed by atoms with Crippen molar-refractivity contribution in [2.24, 2.45) is 0 Å². The van der Waals surface area contributed by atoms with Crippen LogP contribution in [0.1, 0.15) is 98.3 Å². The molecule has 0 saturated carbocycles. The number of aliphatic hydroxyl groups excluding tert-OH is 1. The summed E-state index contributed by atoms with van der Waals surface area (Å²) >= 11 is 0. The summed E-state index contributed by atoms with van der Waals surface area (Å²) in [6.07, 6.45) is 14.7. The molecular weight excluding hydrogens is 288 g/mol. The van der Waals surface area contributed by atoms with Crippen molar-refractivity contribution < 1.29 is 14.6 Å². The zero-order chi connectivity index (χ0) is 17.3. The summed E-state index contributed by atoms with van der Waals surface area (Å²) in [6, 6.07) is 0. The van der Waals surface area contributed by atoms with Gasteiger partial charge in [-0.05, 0) is 26.7 Å². The standard InChI is InChI=1S/C20H42O3/c1-5-7-8-9-10-11-12-13-15-20(14-6-2)23-19(4)17-22-18(3)16-21/h18-21H,5-17H2,1-4H3. The Hall–Kier alpha value is -0.120. The molecule has 0 rings (SSSR count). The lowest BCUT2D eigenvalue weighted by Gasteiger charge is -2.23. The summed E-state index contributed by atoms with van der Waals surface area (Å²) < 4.78 is 11.7. The van der Waals surface area contributed by atoms with E-state index in [9.17, 15) is 0 Å². The van der Waals surface area contributed by atoms with Gasteiger partial charge in [0.2, 0.25) is 0 Å². The van der Waals surface area contributed by atoms with Crippen molar-refractivity contribution in [1.29, 1.82) is 0 Å². The van der Waals surface area contributed by atoms with Crippen molar-refractivity contribution in [2.45, 2.75) is 117 Å². The van der Waals surface area contributed by atoms with E-state index in [4.69, 9.17) is 14.6 Å². The molecule has 1 N–H and O–H groups in total. The lowest BCUT2D eigenvalue weighted by Crippen LogP contribution is -2.26. The number of hydrogen-bond donors (Lipinski definition) is 1. The Bertz CT molecular complexity index is 233. The largest absolute Gasteiger partial charge is 0.394 e. The predicted octanol–water partition coefficient (Wildman–Crippen LogP) is 5.49. The topological polar surface area (TPSA) is 38.7 Å². The second-order valence-electron chi connectivity index (χ2n) is 6.95. The van der Waals surface area contributed by atoms with E-state index in [2.05, 4.69) is 20.8 Å². The smallest absolute Gasteiger partial charge is 0.0784 e. The average Bonchev–Trinajstić information content (AvgIpc) is 2.55. The molecule has 0 saturated heterocycles. The van der Waals surface area contributed by atoms with Crippen LogP contribution < -0.4 is 0 Å². The highest BCUT2D eigenvalue weighted by atomic mass is 16.5. The fraction of sp³-hybridized carbons (Fsp3) is 1.00. The third-order valence-corrected chi connectivity index (χ3v) is 4.29. The Morgan fingerprint density at radius 2 is 1.35 bits per heavy atom. The quantitative estimate of drug-likeness (QED) is 0.358. The number of unbranched alkanes of at least 4 members (excludes halogenated alkanes) is 7. The van der Waals surface area contributed by atoms with Crippen LogP contribution in [-0.4, -0.2) is 36.6 Å². The van der Waals surface area contributed by atoms with Crippen LogP contribution in [0.3, 0.4) is 0 Å². The molecular formula is C20H42O3. The molecule has 0 bridgehead atoms. The van der Waals surface area contributed by atoms with Crippen LogP contribution in [0.2, 0.25) is 0 Å². The molecule has 0 aromatic rings. The van der Waals surface area contributed by atoms with Gasteiger partial charge in [-0.1, -0.05) is 71.6 Å². The van der Waals surface area contributed by atoms with Crippen molar-refractivity contribution in [3.8, 4) is 0 Å². The number of hydrogen-bond acceptors (Lipinski definition) is 3. The van der Waals surface area contributed by atoms with Gasteiger partial charge in [0.25, 0.3) is 0 Å². The number of aliphatic hydroxyl groups is 1. The molecule has 0 aromatic carbocycles. The van der Waals surface area contributed by atoms with Gasteiger partial charge in [0.15, 0.2) is 0 Å². The van der Waals surface area contributed by atoms with Crippen LogP contribution in [0.25, 0.3) is 0 Å². The Morgan fingerprint density at radius 3 is 1.91 bits per heavy atom. The molecule has 3 nitrogen and oxygen atoms in total. The number of ether oxygens (including phenoxy) is 2. The summed E-state index contributed by atoms with van der Waals surface area (Å²) in [5.74, 6) is 0. The van der Waals surface area contributed by atoms with E-state index in [0.29, 0.717) is 12.7 Å². The highest BCUT2D eigenvalue weighted by molar-refractivity contribution is 4.62. The van der Waals surface area contributed by atoms with Gasteiger partial charge in [0.1, 0.15) is 0 Å². The molecule has 0 aromatic heterocycles. The molecule has 23 heavy (non-hydrogen) atoms. The predicted molar refractivity (Wildman–Crippen MR) is 99.0 cm³/mol. The first-order chi connectivity index (χ1) is 11.1. The van der Waals surface area contributed by atoms with E-state index >= 15 is 0 Å². The average molecular weight is 331 g/mol. The van der Waals surface area contributed by atoms with Crippen LogP contribution in [0.5, 0.6) is 0 Å². The fourth-order valence-corrected chi connectivity index (χ4v) is 2.83. The molecule has 0 heterocycles. The van der Waals surface area contributed by atoms with Crippen LogP contribution in [0.4, 0.5) is 0 Å². The van der Waals surface area contributed by atoms with E-state index in [0.717, 1.165) is 6.42 Å². The Morgan fingerprint density at radius 1 is 0.739 bits per heavy atom. The van der Waals surface area contributed by atoms with Gasteiger partial charge in [-0.15, -0.1) is 0 Å². The Balaban J connectivity index is 3.72.